The van der Waals surface area contributed by atoms with E-state index in [0.717, 1.165) is 5.56 Å². The van der Waals surface area contributed by atoms with Gasteiger partial charge in [-0.25, -0.2) is 0 Å². The number of carbonyl (C=O) groups is 1. The number of carbonyl (C=O) groups excluding carboxylic acids is 1. The van der Waals surface area contributed by atoms with E-state index in [4.69, 9.17) is 4.74 Å². The zero-order valence-corrected chi connectivity index (χ0v) is 8.06. The van der Waals surface area contributed by atoms with Gasteiger partial charge in [-0.15, -0.1) is 0 Å². The van der Waals surface area contributed by atoms with Crippen molar-refractivity contribution in [3.63, 3.8) is 0 Å². The number of ether oxygens (including phenoxy) is 1. The smallest absolute Gasteiger partial charge is 0.166 e. The summed E-state index contributed by atoms with van der Waals surface area (Å²) in [4.78, 5) is 11.4. The van der Waals surface area contributed by atoms with Crippen molar-refractivity contribution in [3.05, 3.63) is 22.4 Å². The predicted octanol–water partition coefficient (Wildman–Crippen LogP) is 2.36. The Kier molecular flexibility index (Phi) is 3.44. The van der Waals surface area contributed by atoms with Gasteiger partial charge in [0.1, 0.15) is 0 Å². The standard InChI is InChI=1S/C9H12O2S/c1-7(11-2)5-9(10)8-3-4-12-6-8/h3-4,6-7H,5H2,1-2H3. The van der Waals surface area contributed by atoms with Crippen LogP contribution in [-0.2, 0) is 4.74 Å². The molecule has 66 valence electrons. The molecule has 0 aliphatic carbocycles. The highest BCUT2D eigenvalue weighted by Crippen LogP contribution is 2.10. The number of thiophene rings is 1. The largest absolute Gasteiger partial charge is 0.381 e. The molecule has 1 aromatic rings. The molecule has 3 heteroatoms. The number of hydrogen-bond donors (Lipinski definition) is 0. The zero-order valence-electron chi connectivity index (χ0n) is 7.24. The van der Waals surface area contributed by atoms with Crippen LogP contribution in [-0.4, -0.2) is 19.0 Å². The van der Waals surface area contributed by atoms with Gasteiger partial charge in [0.25, 0.3) is 0 Å². The summed E-state index contributed by atoms with van der Waals surface area (Å²) >= 11 is 1.54. The molecule has 1 rings (SSSR count). The Balaban J connectivity index is 2.50. The Labute approximate surface area is 76.2 Å². The number of methoxy groups -OCH3 is 1. The first-order valence-corrected chi connectivity index (χ1v) is 4.76. The average molecular weight is 184 g/mol. The fourth-order valence-electron chi connectivity index (χ4n) is 0.885. The van der Waals surface area contributed by atoms with Crippen LogP contribution in [0.4, 0.5) is 0 Å². The van der Waals surface area contributed by atoms with Gasteiger partial charge in [0.2, 0.25) is 0 Å². The van der Waals surface area contributed by atoms with Crippen molar-refractivity contribution < 1.29 is 9.53 Å². The first-order valence-electron chi connectivity index (χ1n) is 3.82. The van der Waals surface area contributed by atoms with E-state index in [1.807, 2.05) is 23.8 Å². The Morgan fingerprint density at radius 1 is 1.75 bits per heavy atom. The van der Waals surface area contributed by atoms with Gasteiger partial charge in [-0.2, -0.15) is 11.3 Å². The second-order valence-corrected chi connectivity index (χ2v) is 3.47. The van der Waals surface area contributed by atoms with E-state index in [0.29, 0.717) is 6.42 Å². The third-order valence-electron chi connectivity index (χ3n) is 1.72. The monoisotopic (exact) mass is 184 g/mol. The normalized spacial score (nSPS) is 12.8. The van der Waals surface area contributed by atoms with Crippen LogP contribution in [0.3, 0.4) is 0 Å². The van der Waals surface area contributed by atoms with Crippen molar-refractivity contribution in [3.8, 4) is 0 Å². The van der Waals surface area contributed by atoms with E-state index in [9.17, 15) is 4.79 Å². The number of hydrogen-bond acceptors (Lipinski definition) is 3. The third-order valence-corrected chi connectivity index (χ3v) is 2.40. The lowest BCUT2D eigenvalue weighted by atomic mass is 10.1. The van der Waals surface area contributed by atoms with Crippen LogP contribution >= 0.6 is 11.3 Å². The summed E-state index contributed by atoms with van der Waals surface area (Å²) in [5.41, 5.74) is 0.795. The predicted molar refractivity (Wildman–Crippen MR) is 49.7 cm³/mol. The lowest BCUT2D eigenvalue weighted by molar-refractivity contribution is 0.0792. The summed E-state index contributed by atoms with van der Waals surface area (Å²) in [5.74, 6) is 0.158. The van der Waals surface area contributed by atoms with Crippen molar-refractivity contribution in [1.82, 2.24) is 0 Å². The maximum Gasteiger partial charge on any atom is 0.166 e. The highest BCUT2D eigenvalue weighted by atomic mass is 32.1. The fourth-order valence-corrected chi connectivity index (χ4v) is 1.55. The van der Waals surface area contributed by atoms with Gasteiger partial charge >= 0.3 is 0 Å². The molecule has 0 aliphatic rings. The minimum Gasteiger partial charge on any atom is -0.381 e. The van der Waals surface area contributed by atoms with Crippen LogP contribution in [0.25, 0.3) is 0 Å². The molecule has 0 saturated carbocycles. The molecule has 1 heterocycles. The molecule has 0 spiro atoms. The van der Waals surface area contributed by atoms with Crippen molar-refractivity contribution in [2.24, 2.45) is 0 Å². The number of ketones is 1. The highest BCUT2D eigenvalue weighted by molar-refractivity contribution is 7.08. The van der Waals surface area contributed by atoms with E-state index in [1.54, 1.807) is 18.4 Å². The quantitative estimate of drug-likeness (QED) is 0.671. The molecule has 0 aromatic carbocycles. The van der Waals surface area contributed by atoms with Gasteiger partial charge in [0.15, 0.2) is 5.78 Å². The van der Waals surface area contributed by atoms with Crippen LogP contribution in [0.1, 0.15) is 23.7 Å². The first kappa shape index (κ1) is 9.42. The van der Waals surface area contributed by atoms with Crippen LogP contribution in [0, 0.1) is 0 Å². The van der Waals surface area contributed by atoms with Crippen molar-refractivity contribution in [1.29, 1.82) is 0 Å². The summed E-state index contributed by atoms with van der Waals surface area (Å²) in [6.45, 7) is 1.89. The maximum absolute atomic E-state index is 11.4. The molecule has 2 nitrogen and oxygen atoms in total. The van der Waals surface area contributed by atoms with Gasteiger partial charge in [-0.1, -0.05) is 0 Å². The Hall–Kier alpha value is -0.670. The molecule has 0 fully saturated rings. The van der Waals surface area contributed by atoms with Crippen LogP contribution < -0.4 is 0 Å². The van der Waals surface area contributed by atoms with Crippen LogP contribution in [0.5, 0.6) is 0 Å². The molecule has 0 bridgehead atoms. The van der Waals surface area contributed by atoms with Crippen molar-refractivity contribution in [2.75, 3.05) is 7.11 Å². The van der Waals surface area contributed by atoms with E-state index in [2.05, 4.69) is 0 Å². The highest BCUT2D eigenvalue weighted by Gasteiger charge is 2.10. The van der Waals surface area contributed by atoms with E-state index < -0.39 is 0 Å². The summed E-state index contributed by atoms with van der Waals surface area (Å²) in [6, 6.07) is 1.84. The van der Waals surface area contributed by atoms with Gasteiger partial charge in [-0.05, 0) is 18.4 Å². The van der Waals surface area contributed by atoms with E-state index in [1.165, 1.54) is 0 Å². The van der Waals surface area contributed by atoms with Gasteiger partial charge < -0.3 is 4.74 Å². The Morgan fingerprint density at radius 2 is 2.50 bits per heavy atom. The van der Waals surface area contributed by atoms with E-state index in [-0.39, 0.29) is 11.9 Å². The summed E-state index contributed by atoms with van der Waals surface area (Å²) in [5, 5.41) is 3.77. The minimum atomic E-state index is 0.0115. The molecule has 0 N–H and O–H groups in total. The minimum absolute atomic E-state index is 0.0115. The summed E-state index contributed by atoms with van der Waals surface area (Å²) < 4.78 is 5.00. The second-order valence-electron chi connectivity index (χ2n) is 2.69. The zero-order chi connectivity index (χ0) is 8.97. The Morgan fingerprint density at radius 3 is 3.00 bits per heavy atom. The number of Topliss-reactive ketones (excluding diaryl/α,β-unsaturated/α-hetero) is 1. The molecule has 0 aliphatic heterocycles. The van der Waals surface area contributed by atoms with Crippen LogP contribution in [0.15, 0.2) is 16.8 Å². The maximum atomic E-state index is 11.4. The number of rotatable bonds is 4. The molecule has 0 radical (unpaired) electrons. The Bertz CT molecular complexity index is 241. The molecule has 1 unspecified atom stereocenters. The molecular formula is C9H12O2S. The molecular weight excluding hydrogens is 172 g/mol. The SMILES string of the molecule is COC(C)CC(=O)c1ccsc1. The van der Waals surface area contributed by atoms with Gasteiger partial charge in [0.05, 0.1) is 6.10 Å². The summed E-state index contributed by atoms with van der Waals surface area (Å²) in [7, 11) is 1.62. The first-order chi connectivity index (χ1) is 5.74. The van der Waals surface area contributed by atoms with Crippen molar-refractivity contribution >= 4 is 17.1 Å². The molecule has 1 aromatic heterocycles. The van der Waals surface area contributed by atoms with Gasteiger partial charge in [0, 0.05) is 24.5 Å². The topological polar surface area (TPSA) is 26.3 Å². The van der Waals surface area contributed by atoms with E-state index >= 15 is 0 Å². The fraction of sp³-hybridized carbons (Fsp3) is 0.444. The second kappa shape index (κ2) is 4.38. The molecule has 0 amide bonds. The lowest BCUT2D eigenvalue weighted by Crippen LogP contribution is -2.11. The molecule has 0 saturated heterocycles. The molecule has 12 heavy (non-hydrogen) atoms. The molecule has 1 atom stereocenters. The van der Waals surface area contributed by atoms with Crippen LogP contribution in [0.2, 0.25) is 0 Å². The summed E-state index contributed by atoms with van der Waals surface area (Å²) in [6.07, 6.45) is 0.477. The van der Waals surface area contributed by atoms with Gasteiger partial charge in [-0.3, -0.25) is 4.79 Å². The van der Waals surface area contributed by atoms with Crippen molar-refractivity contribution in [2.45, 2.75) is 19.4 Å². The average Bonchev–Trinajstić information content (AvgIpc) is 2.56. The lowest BCUT2D eigenvalue weighted by Gasteiger charge is -2.06. The third kappa shape index (κ3) is 2.43.